The Morgan fingerprint density at radius 3 is 2.02 bits per heavy atom. The Balaban J connectivity index is 1.29. The van der Waals surface area contributed by atoms with Crippen LogP contribution in [0, 0.1) is 0 Å². The van der Waals surface area contributed by atoms with E-state index >= 15 is 0 Å². The largest absolute Gasteiger partial charge is 0.347 e. The molecule has 0 saturated carbocycles. The van der Waals surface area contributed by atoms with E-state index in [1.165, 1.54) is 21.6 Å². The first kappa shape index (κ1) is 30.0. The van der Waals surface area contributed by atoms with E-state index in [1.807, 2.05) is 91.0 Å². The number of carbonyl (C=O) groups excluding carboxylic acids is 1. The summed E-state index contributed by atoms with van der Waals surface area (Å²) in [7, 11) is -1.77. The Kier molecular flexibility index (Phi) is 9.80. The predicted octanol–water partition coefficient (Wildman–Crippen LogP) is 6.36. The molecule has 0 aliphatic carbocycles. The van der Waals surface area contributed by atoms with Crippen molar-refractivity contribution in [2.45, 2.75) is 35.7 Å². The lowest BCUT2D eigenvalue weighted by atomic mass is 10.0. The van der Waals surface area contributed by atoms with Crippen molar-refractivity contribution in [2.75, 3.05) is 25.9 Å². The minimum Gasteiger partial charge on any atom is -0.347 e. The summed E-state index contributed by atoms with van der Waals surface area (Å²) in [6.45, 7) is 3.22. The van der Waals surface area contributed by atoms with E-state index in [0.717, 1.165) is 23.2 Å². The Morgan fingerprint density at radius 2 is 1.40 bits per heavy atom. The van der Waals surface area contributed by atoms with Crippen LogP contribution in [0.5, 0.6) is 0 Å². The first-order valence-electron chi connectivity index (χ1n) is 14.2. The van der Waals surface area contributed by atoms with Crippen LogP contribution in [0.4, 0.5) is 0 Å². The average molecular weight is 600 g/mol. The SMILES string of the molecule is CC(c1ccccc1)N(C)CCC(NC(=O)C1SCCN1S(=O)(=O)c1ccc(-c2ccccc2)cc1)c1ccccc1. The fourth-order valence-corrected chi connectivity index (χ4v) is 8.34. The van der Waals surface area contributed by atoms with Gasteiger partial charge in [0.2, 0.25) is 15.9 Å². The van der Waals surface area contributed by atoms with E-state index in [-0.39, 0.29) is 22.9 Å². The highest BCUT2D eigenvalue weighted by Gasteiger charge is 2.40. The van der Waals surface area contributed by atoms with Crippen molar-refractivity contribution in [3.8, 4) is 11.1 Å². The number of benzene rings is 4. The third-order valence-corrected chi connectivity index (χ3v) is 11.1. The summed E-state index contributed by atoms with van der Waals surface area (Å²) >= 11 is 1.37. The van der Waals surface area contributed by atoms with Crippen LogP contribution in [-0.2, 0) is 14.8 Å². The van der Waals surface area contributed by atoms with Crippen molar-refractivity contribution < 1.29 is 13.2 Å². The van der Waals surface area contributed by atoms with Crippen LogP contribution in [0.25, 0.3) is 11.1 Å². The van der Waals surface area contributed by atoms with Crippen molar-refractivity contribution in [3.63, 3.8) is 0 Å². The molecule has 1 amide bonds. The van der Waals surface area contributed by atoms with Crippen molar-refractivity contribution in [1.29, 1.82) is 0 Å². The quantitative estimate of drug-likeness (QED) is 0.217. The third kappa shape index (κ3) is 6.95. The summed E-state index contributed by atoms with van der Waals surface area (Å²) in [6.07, 6.45) is 0.689. The number of rotatable bonds is 11. The third-order valence-electron chi connectivity index (χ3n) is 7.87. The molecule has 1 N–H and O–H groups in total. The van der Waals surface area contributed by atoms with Crippen molar-refractivity contribution >= 4 is 27.7 Å². The van der Waals surface area contributed by atoms with Gasteiger partial charge in [0.1, 0.15) is 5.37 Å². The molecule has 4 aromatic rings. The topological polar surface area (TPSA) is 69.7 Å². The highest BCUT2D eigenvalue weighted by molar-refractivity contribution is 8.02. The highest BCUT2D eigenvalue weighted by Crippen LogP contribution is 2.32. The lowest BCUT2D eigenvalue weighted by molar-refractivity contribution is -0.123. The normalized spacial score (nSPS) is 17.2. The Morgan fingerprint density at radius 1 is 0.857 bits per heavy atom. The van der Waals surface area contributed by atoms with E-state index < -0.39 is 15.4 Å². The summed E-state index contributed by atoms with van der Waals surface area (Å²) in [6, 6.07) is 37.0. The van der Waals surface area contributed by atoms with Gasteiger partial charge in [0.05, 0.1) is 10.9 Å². The molecule has 1 heterocycles. The predicted molar refractivity (Wildman–Crippen MR) is 171 cm³/mol. The van der Waals surface area contributed by atoms with Crippen LogP contribution in [0.15, 0.2) is 120 Å². The molecule has 5 rings (SSSR count). The first-order valence-corrected chi connectivity index (χ1v) is 16.7. The lowest BCUT2D eigenvalue weighted by Crippen LogP contribution is -2.46. The maximum absolute atomic E-state index is 13.7. The van der Waals surface area contributed by atoms with Gasteiger partial charge < -0.3 is 5.32 Å². The number of thioether (sulfide) groups is 1. The summed E-state index contributed by atoms with van der Waals surface area (Å²) in [5.74, 6) is 0.279. The Bertz CT molecular complexity index is 1550. The molecule has 1 aliphatic heterocycles. The smallest absolute Gasteiger partial charge is 0.249 e. The zero-order chi connectivity index (χ0) is 29.5. The Labute approximate surface area is 253 Å². The molecule has 8 heteroatoms. The van der Waals surface area contributed by atoms with Gasteiger partial charge in [-0.2, -0.15) is 4.31 Å². The van der Waals surface area contributed by atoms with E-state index in [4.69, 9.17) is 0 Å². The fraction of sp³-hybridized carbons (Fsp3) is 0.265. The molecule has 0 spiro atoms. The number of hydrogen-bond donors (Lipinski definition) is 1. The van der Waals surface area contributed by atoms with Crippen LogP contribution >= 0.6 is 11.8 Å². The second kappa shape index (κ2) is 13.7. The van der Waals surface area contributed by atoms with Crippen molar-refractivity contribution in [1.82, 2.24) is 14.5 Å². The van der Waals surface area contributed by atoms with Gasteiger partial charge in [-0.25, -0.2) is 8.42 Å². The number of amides is 1. The van der Waals surface area contributed by atoms with E-state index in [2.05, 4.69) is 36.3 Å². The second-order valence-corrected chi connectivity index (χ2v) is 13.6. The van der Waals surface area contributed by atoms with Gasteiger partial charge in [0, 0.05) is 24.9 Å². The van der Waals surface area contributed by atoms with Gasteiger partial charge in [-0.3, -0.25) is 9.69 Å². The summed E-state index contributed by atoms with van der Waals surface area (Å²) in [4.78, 5) is 16.2. The maximum Gasteiger partial charge on any atom is 0.249 e. The molecule has 42 heavy (non-hydrogen) atoms. The van der Waals surface area contributed by atoms with Crippen LogP contribution in [0.2, 0.25) is 0 Å². The molecule has 4 aromatic carbocycles. The number of sulfonamides is 1. The molecule has 1 saturated heterocycles. The summed E-state index contributed by atoms with van der Waals surface area (Å²) < 4.78 is 28.8. The minimum atomic E-state index is -3.86. The van der Waals surface area contributed by atoms with Gasteiger partial charge >= 0.3 is 0 Å². The van der Waals surface area contributed by atoms with Crippen LogP contribution in [0.3, 0.4) is 0 Å². The van der Waals surface area contributed by atoms with Gasteiger partial charge in [-0.1, -0.05) is 103 Å². The number of nitrogens with zero attached hydrogens (tertiary/aromatic N) is 2. The van der Waals surface area contributed by atoms with Gasteiger partial charge in [-0.15, -0.1) is 11.8 Å². The van der Waals surface area contributed by atoms with Crippen LogP contribution in [-0.4, -0.2) is 54.8 Å². The lowest BCUT2D eigenvalue weighted by Gasteiger charge is -2.29. The number of nitrogens with one attached hydrogen (secondary N) is 1. The Hall–Kier alpha value is -3.43. The molecule has 3 unspecified atom stereocenters. The van der Waals surface area contributed by atoms with Crippen LogP contribution in [0.1, 0.15) is 36.6 Å². The molecular formula is C34H37N3O3S2. The van der Waals surface area contributed by atoms with E-state index in [9.17, 15) is 13.2 Å². The summed E-state index contributed by atoms with van der Waals surface area (Å²) in [5.41, 5.74) is 4.20. The molecule has 1 aliphatic rings. The van der Waals surface area contributed by atoms with Crippen molar-refractivity contribution in [3.05, 3.63) is 126 Å². The van der Waals surface area contributed by atoms with Crippen LogP contribution < -0.4 is 5.32 Å². The standard InChI is InChI=1S/C34H37N3O3S2/c1-26(27-12-6-3-7-13-27)36(2)23-22-32(30-16-10-5-11-17-30)35-33(38)34-37(24-25-41-34)42(39,40)31-20-18-29(19-21-31)28-14-8-4-9-15-28/h3-21,26,32,34H,22-25H2,1-2H3,(H,35,38). The minimum absolute atomic E-state index is 0.193. The van der Waals surface area contributed by atoms with Gasteiger partial charge in [0.25, 0.3) is 0 Å². The fourth-order valence-electron chi connectivity index (χ4n) is 5.26. The van der Waals surface area contributed by atoms with Crippen molar-refractivity contribution in [2.24, 2.45) is 0 Å². The highest BCUT2D eigenvalue weighted by atomic mass is 32.2. The monoisotopic (exact) mass is 599 g/mol. The molecule has 3 atom stereocenters. The maximum atomic E-state index is 13.7. The summed E-state index contributed by atoms with van der Waals surface area (Å²) in [5, 5.41) is 2.38. The molecule has 218 valence electrons. The zero-order valence-corrected chi connectivity index (χ0v) is 25.6. The molecule has 1 fully saturated rings. The molecule has 0 bridgehead atoms. The zero-order valence-electron chi connectivity index (χ0n) is 24.0. The number of hydrogen-bond acceptors (Lipinski definition) is 5. The van der Waals surface area contributed by atoms with Gasteiger partial charge in [-0.05, 0) is 54.8 Å². The number of carbonyl (C=O) groups is 1. The van der Waals surface area contributed by atoms with Gasteiger partial charge in [0.15, 0.2) is 0 Å². The van der Waals surface area contributed by atoms with E-state index in [0.29, 0.717) is 18.7 Å². The van der Waals surface area contributed by atoms with E-state index in [1.54, 1.807) is 12.1 Å². The molecular weight excluding hydrogens is 563 g/mol. The second-order valence-electron chi connectivity index (χ2n) is 10.6. The molecule has 0 aromatic heterocycles. The molecule has 0 radical (unpaired) electrons. The molecule has 6 nitrogen and oxygen atoms in total. The average Bonchev–Trinajstić information content (AvgIpc) is 3.55. The first-order chi connectivity index (χ1) is 20.3.